The number of fused-ring (bicyclic) bond motifs is 3. The Morgan fingerprint density at radius 1 is 1.10 bits per heavy atom. The van der Waals surface area contributed by atoms with Crippen molar-refractivity contribution in [2.45, 2.75) is 31.3 Å². The van der Waals surface area contributed by atoms with Crippen molar-refractivity contribution in [3.05, 3.63) is 53.1 Å². The Kier molecular flexibility index (Phi) is 6.55. The lowest BCUT2D eigenvalue weighted by Gasteiger charge is -2.44. The monoisotopic (exact) mass is 417 g/mol. The number of nitrogens with zero attached hydrogens (tertiary/aromatic N) is 1. The summed E-state index contributed by atoms with van der Waals surface area (Å²) in [7, 11) is 3.37. The highest BCUT2D eigenvalue weighted by atomic mass is 35.5. The molecule has 0 aromatic heterocycles. The fourth-order valence-electron chi connectivity index (χ4n) is 4.43. The molecule has 2 unspecified atom stereocenters. The Morgan fingerprint density at radius 2 is 1.79 bits per heavy atom. The number of primary amides is 1. The SMILES string of the molecule is COc1cc2c(cc1OC)C1CC(Nc3ccc(C(N)=O)cc3)CCN1CC2.Cl. The van der Waals surface area contributed by atoms with Crippen LogP contribution in [0.3, 0.4) is 0 Å². The second-order valence-electron chi connectivity index (χ2n) is 7.52. The number of piperidine rings is 1. The zero-order valence-corrected chi connectivity index (χ0v) is 17.6. The minimum absolute atomic E-state index is 0. The summed E-state index contributed by atoms with van der Waals surface area (Å²) < 4.78 is 11.0. The summed E-state index contributed by atoms with van der Waals surface area (Å²) in [5, 5.41) is 3.63. The summed E-state index contributed by atoms with van der Waals surface area (Å²) in [5.41, 5.74) is 9.58. The molecule has 0 saturated carbocycles. The molecule has 2 aromatic rings. The van der Waals surface area contributed by atoms with Gasteiger partial charge < -0.3 is 20.5 Å². The lowest BCUT2D eigenvalue weighted by atomic mass is 9.84. The minimum atomic E-state index is -0.400. The molecule has 0 spiro atoms. The molecule has 6 nitrogen and oxygen atoms in total. The van der Waals surface area contributed by atoms with Gasteiger partial charge in [-0.1, -0.05) is 0 Å². The van der Waals surface area contributed by atoms with E-state index in [4.69, 9.17) is 15.2 Å². The van der Waals surface area contributed by atoms with Gasteiger partial charge in [-0.3, -0.25) is 9.69 Å². The zero-order valence-electron chi connectivity index (χ0n) is 16.8. The zero-order chi connectivity index (χ0) is 19.7. The molecule has 29 heavy (non-hydrogen) atoms. The first-order valence-corrected chi connectivity index (χ1v) is 9.74. The number of hydrogen-bond acceptors (Lipinski definition) is 5. The molecule has 1 amide bonds. The van der Waals surface area contributed by atoms with Crippen LogP contribution < -0.4 is 20.5 Å². The lowest BCUT2D eigenvalue weighted by Crippen LogP contribution is -2.44. The van der Waals surface area contributed by atoms with Crippen LogP contribution >= 0.6 is 12.4 Å². The molecule has 2 aliphatic rings. The van der Waals surface area contributed by atoms with Gasteiger partial charge in [0, 0.05) is 36.4 Å². The number of nitrogens with one attached hydrogen (secondary N) is 1. The Bertz CT molecular complexity index is 872. The van der Waals surface area contributed by atoms with Crippen molar-refractivity contribution >= 4 is 24.0 Å². The molecule has 2 aromatic carbocycles. The van der Waals surface area contributed by atoms with Gasteiger partial charge in [-0.2, -0.15) is 0 Å². The third-order valence-electron chi connectivity index (χ3n) is 5.93. The quantitative estimate of drug-likeness (QED) is 0.779. The van der Waals surface area contributed by atoms with Crippen LogP contribution in [0.4, 0.5) is 5.69 Å². The summed E-state index contributed by atoms with van der Waals surface area (Å²) in [6.45, 7) is 2.14. The van der Waals surface area contributed by atoms with E-state index in [-0.39, 0.29) is 12.4 Å². The first-order valence-electron chi connectivity index (χ1n) is 9.74. The Balaban J connectivity index is 0.00000240. The average molecular weight is 418 g/mol. The number of carbonyl (C=O) groups is 1. The summed E-state index contributed by atoms with van der Waals surface area (Å²) in [4.78, 5) is 13.8. The van der Waals surface area contributed by atoms with Gasteiger partial charge >= 0.3 is 0 Å². The predicted molar refractivity (Wildman–Crippen MR) is 116 cm³/mol. The van der Waals surface area contributed by atoms with Gasteiger partial charge in [0.25, 0.3) is 0 Å². The molecule has 0 aliphatic carbocycles. The van der Waals surface area contributed by atoms with Crippen molar-refractivity contribution in [3.8, 4) is 11.5 Å². The van der Waals surface area contributed by atoms with Gasteiger partial charge in [0.2, 0.25) is 5.91 Å². The number of amides is 1. The molecule has 7 heteroatoms. The normalized spacial score (nSPS) is 20.6. The van der Waals surface area contributed by atoms with E-state index in [1.165, 1.54) is 11.1 Å². The van der Waals surface area contributed by atoms with Gasteiger partial charge in [0.05, 0.1) is 14.2 Å². The smallest absolute Gasteiger partial charge is 0.248 e. The molecule has 2 atom stereocenters. The molecular formula is C22H28ClN3O3. The van der Waals surface area contributed by atoms with Crippen molar-refractivity contribution in [1.29, 1.82) is 0 Å². The maximum Gasteiger partial charge on any atom is 0.248 e. The van der Waals surface area contributed by atoms with Crippen molar-refractivity contribution in [3.63, 3.8) is 0 Å². The second-order valence-corrected chi connectivity index (χ2v) is 7.52. The van der Waals surface area contributed by atoms with E-state index in [9.17, 15) is 4.79 Å². The third kappa shape index (κ3) is 4.28. The number of anilines is 1. The maximum absolute atomic E-state index is 11.3. The van der Waals surface area contributed by atoms with Gasteiger partial charge in [-0.05, 0) is 66.8 Å². The second kappa shape index (κ2) is 8.93. The fraction of sp³-hybridized carbons (Fsp3) is 0.409. The van der Waals surface area contributed by atoms with Crippen LogP contribution in [0.5, 0.6) is 11.5 Å². The van der Waals surface area contributed by atoms with E-state index in [1.54, 1.807) is 26.4 Å². The van der Waals surface area contributed by atoms with E-state index in [2.05, 4.69) is 22.3 Å². The number of methoxy groups -OCH3 is 2. The van der Waals surface area contributed by atoms with Crippen LogP contribution in [0.15, 0.2) is 36.4 Å². The molecule has 0 bridgehead atoms. The molecule has 0 radical (unpaired) electrons. The van der Waals surface area contributed by atoms with E-state index in [1.807, 2.05) is 12.1 Å². The molecule has 1 saturated heterocycles. The first-order chi connectivity index (χ1) is 13.6. The van der Waals surface area contributed by atoms with Crippen LogP contribution in [0.2, 0.25) is 0 Å². The Labute approximate surface area is 177 Å². The summed E-state index contributed by atoms with van der Waals surface area (Å²) in [6, 6.07) is 12.4. The molecule has 1 fully saturated rings. The van der Waals surface area contributed by atoms with Crippen molar-refractivity contribution in [1.82, 2.24) is 4.90 Å². The molecular weight excluding hydrogens is 390 g/mol. The number of halogens is 1. The average Bonchev–Trinajstić information content (AvgIpc) is 2.73. The van der Waals surface area contributed by atoms with Crippen molar-refractivity contribution in [2.75, 3.05) is 32.6 Å². The lowest BCUT2D eigenvalue weighted by molar-refractivity contribution is 0.100. The predicted octanol–water partition coefficient (Wildman–Crippen LogP) is 3.40. The number of ether oxygens (including phenoxy) is 2. The van der Waals surface area contributed by atoms with Crippen LogP contribution in [0.25, 0.3) is 0 Å². The van der Waals surface area contributed by atoms with Crippen LogP contribution in [-0.2, 0) is 6.42 Å². The number of nitrogens with two attached hydrogens (primary N) is 1. The first kappa shape index (κ1) is 21.3. The molecule has 3 N–H and O–H groups in total. The van der Waals surface area contributed by atoms with Gasteiger partial charge in [-0.15, -0.1) is 12.4 Å². The molecule has 2 heterocycles. The van der Waals surface area contributed by atoms with E-state index >= 15 is 0 Å². The van der Waals surface area contributed by atoms with Gasteiger partial charge in [0.15, 0.2) is 11.5 Å². The molecule has 4 rings (SSSR count). The largest absolute Gasteiger partial charge is 0.493 e. The van der Waals surface area contributed by atoms with Gasteiger partial charge in [0.1, 0.15) is 0 Å². The summed E-state index contributed by atoms with van der Waals surface area (Å²) in [6.07, 6.45) is 3.16. The van der Waals surface area contributed by atoms with Crippen LogP contribution in [0, 0.1) is 0 Å². The number of carbonyl (C=O) groups excluding carboxylic acids is 1. The number of rotatable bonds is 5. The molecule has 2 aliphatic heterocycles. The fourth-order valence-corrected chi connectivity index (χ4v) is 4.43. The van der Waals surface area contributed by atoms with Crippen LogP contribution in [-0.4, -0.2) is 44.2 Å². The van der Waals surface area contributed by atoms with E-state index in [0.29, 0.717) is 17.6 Å². The van der Waals surface area contributed by atoms with Crippen molar-refractivity contribution in [2.24, 2.45) is 5.73 Å². The Morgan fingerprint density at radius 3 is 2.45 bits per heavy atom. The highest BCUT2D eigenvalue weighted by Gasteiger charge is 2.34. The summed E-state index contributed by atoms with van der Waals surface area (Å²) in [5.74, 6) is 1.19. The number of benzene rings is 2. The number of hydrogen-bond donors (Lipinski definition) is 2. The van der Waals surface area contributed by atoms with Crippen LogP contribution in [0.1, 0.15) is 40.4 Å². The molecule has 156 valence electrons. The van der Waals surface area contributed by atoms with Gasteiger partial charge in [-0.25, -0.2) is 0 Å². The minimum Gasteiger partial charge on any atom is -0.493 e. The van der Waals surface area contributed by atoms with E-state index in [0.717, 1.165) is 49.5 Å². The Hall–Kier alpha value is -2.44. The summed E-state index contributed by atoms with van der Waals surface area (Å²) >= 11 is 0. The van der Waals surface area contributed by atoms with E-state index < -0.39 is 5.91 Å². The standard InChI is InChI=1S/C22H27N3O3.ClH/c1-27-20-11-15-7-9-25-10-8-17(12-19(25)18(15)13-21(20)28-2)24-16-5-3-14(4-6-16)22(23)26;/h3-6,11,13,17,19,24H,7-10,12H2,1-2H3,(H2,23,26);1H. The topological polar surface area (TPSA) is 76.8 Å². The van der Waals surface area contributed by atoms with Crippen molar-refractivity contribution < 1.29 is 14.3 Å². The highest BCUT2D eigenvalue weighted by molar-refractivity contribution is 5.93. The highest BCUT2D eigenvalue weighted by Crippen LogP contribution is 2.42. The maximum atomic E-state index is 11.3. The third-order valence-corrected chi connectivity index (χ3v) is 5.93.